The van der Waals surface area contributed by atoms with E-state index in [1.54, 1.807) is 11.8 Å². The number of nitrogens with zero attached hydrogens (tertiary/aromatic N) is 2. The molecule has 0 amide bonds. The van der Waals surface area contributed by atoms with Crippen molar-refractivity contribution >= 4 is 23.9 Å². The Balaban J connectivity index is 2.04. The van der Waals surface area contributed by atoms with Crippen molar-refractivity contribution < 1.29 is 0 Å². The molecule has 0 aliphatic carbocycles. The van der Waals surface area contributed by atoms with Crippen molar-refractivity contribution in [2.45, 2.75) is 24.3 Å². The van der Waals surface area contributed by atoms with Gasteiger partial charge in [-0.1, -0.05) is 62.0 Å². The third-order valence-corrected chi connectivity index (χ3v) is 2.92. The molecule has 0 fully saturated rings. The number of thioether (sulfide) groups is 1. The quantitative estimate of drug-likeness (QED) is 0.838. The molecule has 1 N–H and O–H groups in total. The van der Waals surface area contributed by atoms with Crippen LogP contribution in [0.4, 0.5) is 0 Å². The Labute approximate surface area is 105 Å². The minimum atomic E-state index is 0.497. The predicted octanol–water partition coefficient (Wildman–Crippen LogP) is 3.48. The first-order valence-electron chi connectivity index (χ1n) is 5.56. The average Bonchev–Trinajstić information content (AvgIpc) is 2.75. The number of nitrogens with one attached hydrogen (secondary N) is 1. The van der Waals surface area contributed by atoms with Gasteiger partial charge in [0.1, 0.15) is 5.82 Å². The molecule has 1 aromatic heterocycles. The van der Waals surface area contributed by atoms with E-state index in [0.29, 0.717) is 5.25 Å². The van der Waals surface area contributed by atoms with Gasteiger partial charge in [0.2, 0.25) is 5.16 Å². The summed E-state index contributed by atoms with van der Waals surface area (Å²) in [5.74, 6) is 0.789. The molecule has 1 heterocycles. The number of hydrogen-bond donors (Lipinski definition) is 1. The monoisotopic (exact) mass is 245 g/mol. The maximum Gasteiger partial charge on any atom is 0.208 e. The molecule has 3 nitrogen and oxygen atoms in total. The second kappa shape index (κ2) is 5.68. The van der Waals surface area contributed by atoms with Crippen LogP contribution in [0.3, 0.4) is 0 Å². The van der Waals surface area contributed by atoms with Crippen LogP contribution in [0.15, 0.2) is 35.5 Å². The largest absolute Gasteiger partial charge is 0.259 e. The minimum Gasteiger partial charge on any atom is -0.259 e. The number of aromatic nitrogens is 3. The van der Waals surface area contributed by atoms with Crippen molar-refractivity contribution in [2.75, 3.05) is 0 Å². The Morgan fingerprint density at radius 3 is 2.65 bits per heavy atom. The van der Waals surface area contributed by atoms with Crippen LogP contribution in [0.5, 0.6) is 0 Å². The Bertz CT molecular complexity index is 488. The highest BCUT2D eigenvalue weighted by molar-refractivity contribution is 7.99. The fourth-order valence-electron chi connectivity index (χ4n) is 1.34. The van der Waals surface area contributed by atoms with E-state index in [-0.39, 0.29) is 0 Å². The number of hydrogen-bond acceptors (Lipinski definition) is 3. The van der Waals surface area contributed by atoms with Gasteiger partial charge in [0.05, 0.1) is 0 Å². The first-order chi connectivity index (χ1) is 8.24. The summed E-state index contributed by atoms with van der Waals surface area (Å²) in [6, 6.07) is 10.1. The first-order valence-corrected chi connectivity index (χ1v) is 6.44. The van der Waals surface area contributed by atoms with E-state index in [1.165, 1.54) is 0 Å². The first kappa shape index (κ1) is 11.9. The lowest BCUT2D eigenvalue weighted by molar-refractivity contribution is 0.961. The smallest absolute Gasteiger partial charge is 0.208 e. The molecule has 17 heavy (non-hydrogen) atoms. The molecule has 0 spiro atoms. The lowest BCUT2D eigenvalue weighted by atomic mass is 10.2. The van der Waals surface area contributed by atoms with Gasteiger partial charge in [0.15, 0.2) is 0 Å². The van der Waals surface area contributed by atoms with Crippen LogP contribution >= 0.6 is 11.8 Å². The summed E-state index contributed by atoms with van der Waals surface area (Å²) in [6.07, 6.45) is 3.96. The molecule has 4 heteroatoms. The van der Waals surface area contributed by atoms with E-state index >= 15 is 0 Å². The van der Waals surface area contributed by atoms with Crippen LogP contribution < -0.4 is 0 Å². The third-order valence-electron chi connectivity index (χ3n) is 2.06. The molecular formula is C13H15N3S. The van der Waals surface area contributed by atoms with E-state index in [2.05, 4.69) is 41.2 Å². The van der Waals surface area contributed by atoms with E-state index in [9.17, 15) is 0 Å². The minimum absolute atomic E-state index is 0.497. The standard InChI is InChI=1S/C13H15N3S/c1-10(2)17-13-14-12(15-16-13)9-8-11-6-4-3-5-7-11/h3-10H,1-2H3,(H,14,15,16). The fourth-order valence-corrected chi connectivity index (χ4v) is 2.01. The van der Waals surface area contributed by atoms with Crippen LogP contribution in [0.25, 0.3) is 12.2 Å². The second-order valence-corrected chi connectivity index (χ2v) is 5.46. The third kappa shape index (κ3) is 3.75. The van der Waals surface area contributed by atoms with Gasteiger partial charge in [-0.25, -0.2) is 4.98 Å². The van der Waals surface area contributed by atoms with E-state index in [4.69, 9.17) is 0 Å². The zero-order valence-corrected chi connectivity index (χ0v) is 10.7. The van der Waals surface area contributed by atoms with Crippen molar-refractivity contribution in [3.05, 3.63) is 41.7 Å². The summed E-state index contributed by atoms with van der Waals surface area (Å²) < 4.78 is 0. The summed E-state index contributed by atoms with van der Waals surface area (Å²) in [6.45, 7) is 4.25. The second-order valence-electron chi connectivity index (χ2n) is 3.91. The lowest BCUT2D eigenvalue weighted by Gasteiger charge is -1.96. The van der Waals surface area contributed by atoms with Crippen LogP contribution in [-0.2, 0) is 0 Å². The molecule has 0 aliphatic heterocycles. The Hall–Kier alpha value is -1.55. The van der Waals surface area contributed by atoms with Crippen molar-refractivity contribution in [3.63, 3.8) is 0 Å². The molecule has 1 aromatic carbocycles. The SMILES string of the molecule is CC(C)Sc1n[nH]c(C=Cc2ccccc2)n1. The zero-order valence-electron chi connectivity index (χ0n) is 9.92. The Morgan fingerprint density at radius 2 is 1.94 bits per heavy atom. The molecule has 0 bridgehead atoms. The van der Waals surface area contributed by atoms with Crippen molar-refractivity contribution in [3.8, 4) is 0 Å². The zero-order chi connectivity index (χ0) is 12.1. The van der Waals surface area contributed by atoms with Crippen LogP contribution in [-0.4, -0.2) is 20.4 Å². The number of benzene rings is 1. The molecule has 0 saturated carbocycles. The maximum absolute atomic E-state index is 4.37. The van der Waals surface area contributed by atoms with Crippen LogP contribution in [0, 0.1) is 0 Å². The maximum atomic E-state index is 4.37. The van der Waals surface area contributed by atoms with E-state index < -0.39 is 0 Å². The van der Waals surface area contributed by atoms with Gasteiger partial charge in [-0.05, 0) is 11.6 Å². The highest BCUT2D eigenvalue weighted by Crippen LogP contribution is 2.18. The number of rotatable bonds is 4. The summed E-state index contributed by atoms with van der Waals surface area (Å²) in [7, 11) is 0. The van der Waals surface area contributed by atoms with Gasteiger partial charge in [-0.2, -0.15) is 0 Å². The van der Waals surface area contributed by atoms with E-state index in [1.807, 2.05) is 30.4 Å². The normalized spacial score (nSPS) is 11.5. The summed E-state index contributed by atoms with van der Waals surface area (Å²) in [4.78, 5) is 4.37. The van der Waals surface area contributed by atoms with Crippen LogP contribution in [0.1, 0.15) is 25.2 Å². The van der Waals surface area contributed by atoms with Crippen molar-refractivity contribution in [1.82, 2.24) is 15.2 Å². The van der Waals surface area contributed by atoms with Crippen molar-refractivity contribution in [2.24, 2.45) is 0 Å². The molecule has 0 saturated heterocycles. The number of H-pyrrole nitrogens is 1. The molecule has 2 aromatic rings. The van der Waals surface area contributed by atoms with Gasteiger partial charge in [0.25, 0.3) is 0 Å². The van der Waals surface area contributed by atoms with Gasteiger partial charge < -0.3 is 0 Å². The highest BCUT2D eigenvalue weighted by atomic mass is 32.2. The average molecular weight is 245 g/mol. The predicted molar refractivity (Wildman–Crippen MR) is 72.7 cm³/mol. The Morgan fingerprint density at radius 1 is 1.18 bits per heavy atom. The van der Waals surface area contributed by atoms with Crippen LogP contribution in [0.2, 0.25) is 0 Å². The fraction of sp³-hybridized carbons (Fsp3) is 0.231. The molecule has 0 atom stereocenters. The van der Waals surface area contributed by atoms with Gasteiger partial charge >= 0.3 is 0 Å². The molecular weight excluding hydrogens is 230 g/mol. The summed E-state index contributed by atoms with van der Waals surface area (Å²) >= 11 is 1.65. The molecule has 2 rings (SSSR count). The van der Waals surface area contributed by atoms with Gasteiger partial charge in [0, 0.05) is 5.25 Å². The number of aromatic amines is 1. The van der Waals surface area contributed by atoms with Gasteiger partial charge in [-0.3, -0.25) is 5.10 Å². The van der Waals surface area contributed by atoms with Crippen molar-refractivity contribution in [1.29, 1.82) is 0 Å². The highest BCUT2D eigenvalue weighted by Gasteiger charge is 2.03. The molecule has 88 valence electrons. The summed E-state index contributed by atoms with van der Waals surface area (Å²) in [5.41, 5.74) is 1.15. The lowest BCUT2D eigenvalue weighted by Crippen LogP contribution is -1.86. The Kier molecular flexibility index (Phi) is 3.98. The molecule has 0 aliphatic rings. The van der Waals surface area contributed by atoms with E-state index in [0.717, 1.165) is 16.5 Å². The van der Waals surface area contributed by atoms with Gasteiger partial charge in [-0.15, -0.1) is 5.10 Å². The molecule has 0 radical (unpaired) electrons. The molecule has 0 unspecified atom stereocenters. The topological polar surface area (TPSA) is 41.6 Å². The summed E-state index contributed by atoms with van der Waals surface area (Å²) in [5, 5.41) is 8.35.